The topological polar surface area (TPSA) is 49.3 Å². The molecule has 1 aromatic carbocycles. The van der Waals surface area contributed by atoms with E-state index in [1.54, 1.807) is 30.0 Å². The van der Waals surface area contributed by atoms with E-state index in [1.807, 2.05) is 6.26 Å². The Bertz CT molecular complexity index is 409. The zero-order valence-electron chi connectivity index (χ0n) is 10.7. The molecule has 1 rings (SSSR count). The van der Waals surface area contributed by atoms with Gasteiger partial charge in [0.05, 0.1) is 6.10 Å². The van der Waals surface area contributed by atoms with Crippen LogP contribution in [0.3, 0.4) is 0 Å². The first-order chi connectivity index (χ1) is 9.02. The first-order valence-corrected chi connectivity index (χ1v) is 8.07. The van der Waals surface area contributed by atoms with E-state index in [4.69, 9.17) is 23.2 Å². The van der Waals surface area contributed by atoms with E-state index < -0.39 is 6.10 Å². The zero-order valence-corrected chi connectivity index (χ0v) is 13.0. The smallest absolute Gasteiger partial charge is 0.220 e. The molecule has 2 N–H and O–H groups in total. The summed E-state index contributed by atoms with van der Waals surface area (Å²) in [5.41, 5.74) is 0.599. The number of amides is 1. The summed E-state index contributed by atoms with van der Waals surface area (Å²) in [4.78, 5) is 11.5. The van der Waals surface area contributed by atoms with E-state index in [1.165, 1.54) is 0 Å². The number of benzene rings is 1. The zero-order chi connectivity index (χ0) is 14.3. The highest BCUT2D eigenvalue weighted by molar-refractivity contribution is 7.98. The molecule has 1 atom stereocenters. The highest BCUT2D eigenvalue weighted by atomic mass is 35.5. The number of halogens is 2. The van der Waals surface area contributed by atoms with Gasteiger partial charge in [0.1, 0.15) is 0 Å². The largest absolute Gasteiger partial charge is 0.387 e. The number of hydrogen-bond acceptors (Lipinski definition) is 3. The molecule has 106 valence electrons. The van der Waals surface area contributed by atoms with Gasteiger partial charge in [0.2, 0.25) is 5.91 Å². The summed E-state index contributed by atoms with van der Waals surface area (Å²) in [6.45, 7) is 0.161. The van der Waals surface area contributed by atoms with Crippen molar-refractivity contribution < 1.29 is 9.90 Å². The number of thioether (sulfide) groups is 1. The Hall–Kier alpha value is -0.420. The van der Waals surface area contributed by atoms with Crippen LogP contribution in [0.1, 0.15) is 24.5 Å². The summed E-state index contributed by atoms with van der Waals surface area (Å²) in [6, 6.07) is 4.87. The molecule has 0 aliphatic heterocycles. The molecule has 1 amide bonds. The molecule has 1 unspecified atom stereocenters. The van der Waals surface area contributed by atoms with Gasteiger partial charge < -0.3 is 10.4 Å². The van der Waals surface area contributed by atoms with Crippen molar-refractivity contribution in [1.29, 1.82) is 0 Å². The van der Waals surface area contributed by atoms with E-state index in [0.717, 1.165) is 12.2 Å². The van der Waals surface area contributed by atoms with Crippen LogP contribution in [0, 0.1) is 0 Å². The molecule has 19 heavy (non-hydrogen) atoms. The van der Waals surface area contributed by atoms with Gasteiger partial charge in [-0.25, -0.2) is 0 Å². The molecule has 0 heterocycles. The second-order valence-corrected chi connectivity index (χ2v) is 5.98. The molecule has 0 saturated heterocycles. The molecular formula is C13H17Cl2NO2S. The average Bonchev–Trinajstić information content (AvgIpc) is 2.35. The minimum Gasteiger partial charge on any atom is -0.387 e. The molecule has 0 spiro atoms. The van der Waals surface area contributed by atoms with Gasteiger partial charge in [0.15, 0.2) is 0 Å². The second kappa shape index (κ2) is 8.69. The number of rotatable bonds is 7. The predicted molar refractivity (Wildman–Crippen MR) is 82.0 cm³/mol. The third-order valence-electron chi connectivity index (χ3n) is 2.51. The Morgan fingerprint density at radius 3 is 2.58 bits per heavy atom. The third-order valence-corrected chi connectivity index (χ3v) is 3.65. The third kappa shape index (κ3) is 6.52. The number of carbonyl (C=O) groups excluding carboxylic acids is 1. The molecule has 0 radical (unpaired) electrons. The van der Waals surface area contributed by atoms with Gasteiger partial charge >= 0.3 is 0 Å². The molecule has 6 heteroatoms. The first kappa shape index (κ1) is 16.6. The van der Waals surface area contributed by atoms with Crippen molar-refractivity contribution in [1.82, 2.24) is 5.32 Å². The lowest BCUT2D eigenvalue weighted by atomic mass is 10.1. The van der Waals surface area contributed by atoms with Crippen molar-refractivity contribution in [2.24, 2.45) is 0 Å². The fraction of sp³-hybridized carbons (Fsp3) is 0.462. The average molecular weight is 322 g/mol. The van der Waals surface area contributed by atoms with Gasteiger partial charge in [0, 0.05) is 23.0 Å². The minimum atomic E-state index is -0.805. The van der Waals surface area contributed by atoms with Gasteiger partial charge in [-0.05, 0) is 42.2 Å². The Kier molecular flexibility index (Phi) is 7.61. The van der Waals surface area contributed by atoms with E-state index in [0.29, 0.717) is 22.0 Å². The molecule has 0 aliphatic rings. The molecule has 3 nitrogen and oxygen atoms in total. The molecule has 1 aromatic rings. The fourth-order valence-electron chi connectivity index (χ4n) is 1.56. The van der Waals surface area contributed by atoms with Crippen LogP contribution in [0.4, 0.5) is 0 Å². The SMILES string of the molecule is CSCCCC(=O)NCC(O)c1cc(Cl)cc(Cl)c1. The van der Waals surface area contributed by atoms with Crippen LogP contribution in [0.5, 0.6) is 0 Å². The van der Waals surface area contributed by atoms with Gasteiger partial charge in [-0.2, -0.15) is 11.8 Å². The molecule has 0 saturated carbocycles. The van der Waals surface area contributed by atoms with E-state index in [-0.39, 0.29) is 12.5 Å². The molecule has 0 bridgehead atoms. The number of carbonyl (C=O) groups is 1. The summed E-state index contributed by atoms with van der Waals surface area (Å²) < 4.78 is 0. The monoisotopic (exact) mass is 321 g/mol. The summed E-state index contributed by atoms with van der Waals surface area (Å²) in [5, 5.41) is 13.6. The Morgan fingerprint density at radius 1 is 1.37 bits per heavy atom. The summed E-state index contributed by atoms with van der Waals surface area (Å²) >= 11 is 13.4. The molecule has 0 aromatic heterocycles. The lowest BCUT2D eigenvalue weighted by Gasteiger charge is -2.13. The van der Waals surface area contributed by atoms with E-state index in [2.05, 4.69) is 5.32 Å². The van der Waals surface area contributed by atoms with Crippen LogP contribution in [0.25, 0.3) is 0 Å². The molecule has 0 aliphatic carbocycles. The maximum atomic E-state index is 11.5. The van der Waals surface area contributed by atoms with Gasteiger partial charge in [0.25, 0.3) is 0 Å². The Morgan fingerprint density at radius 2 is 2.00 bits per heavy atom. The standard InChI is InChI=1S/C13H17Cl2NO2S/c1-19-4-2-3-13(18)16-8-12(17)9-5-10(14)7-11(15)6-9/h5-7,12,17H,2-4,8H2,1H3,(H,16,18). The van der Waals surface area contributed by atoms with Crippen molar-refractivity contribution in [3.63, 3.8) is 0 Å². The van der Waals surface area contributed by atoms with Gasteiger partial charge in [-0.15, -0.1) is 0 Å². The number of aliphatic hydroxyl groups excluding tert-OH is 1. The van der Waals surface area contributed by atoms with E-state index in [9.17, 15) is 9.90 Å². The maximum absolute atomic E-state index is 11.5. The highest BCUT2D eigenvalue weighted by Crippen LogP contribution is 2.23. The summed E-state index contributed by atoms with van der Waals surface area (Å²) in [7, 11) is 0. The number of aliphatic hydroxyl groups is 1. The normalized spacial score (nSPS) is 12.2. The van der Waals surface area contributed by atoms with Crippen LogP contribution < -0.4 is 5.32 Å². The Balaban J connectivity index is 2.42. The first-order valence-electron chi connectivity index (χ1n) is 5.92. The van der Waals surface area contributed by atoms with Crippen LogP contribution in [-0.4, -0.2) is 29.6 Å². The summed E-state index contributed by atoms with van der Waals surface area (Å²) in [5.74, 6) is 0.904. The van der Waals surface area contributed by atoms with Crippen LogP contribution >= 0.6 is 35.0 Å². The van der Waals surface area contributed by atoms with Crippen LogP contribution in [-0.2, 0) is 4.79 Å². The molecular weight excluding hydrogens is 305 g/mol. The van der Waals surface area contributed by atoms with E-state index >= 15 is 0 Å². The van der Waals surface area contributed by atoms with Crippen molar-refractivity contribution in [3.05, 3.63) is 33.8 Å². The fourth-order valence-corrected chi connectivity index (χ4v) is 2.54. The van der Waals surface area contributed by atoms with Crippen molar-refractivity contribution in [3.8, 4) is 0 Å². The number of hydrogen-bond donors (Lipinski definition) is 2. The van der Waals surface area contributed by atoms with Gasteiger partial charge in [-0.1, -0.05) is 23.2 Å². The van der Waals surface area contributed by atoms with Crippen LogP contribution in [0.2, 0.25) is 10.0 Å². The highest BCUT2D eigenvalue weighted by Gasteiger charge is 2.11. The Labute approximate surface area is 127 Å². The lowest BCUT2D eigenvalue weighted by Crippen LogP contribution is -2.28. The van der Waals surface area contributed by atoms with Crippen molar-refractivity contribution in [2.45, 2.75) is 18.9 Å². The van der Waals surface area contributed by atoms with Crippen molar-refractivity contribution >= 4 is 40.9 Å². The van der Waals surface area contributed by atoms with Crippen LogP contribution in [0.15, 0.2) is 18.2 Å². The quantitative estimate of drug-likeness (QED) is 0.758. The second-order valence-electron chi connectivity index (χ2n) is 4.12. The summed E-state index contributed by atoms with van der Waals surface area (Å²) in [6.07, 6.45) is 2.52. The number of nitrogens with one attached hydrogen (secondary N) is 1. The van der Waals surface area contributed by atoms with Crippen molar-refractivity contribution in [2.75, 3.05) is 18.6 Å². The predicted octanol–water partition coefficient (Wildman–Crippen LogP) is 3.29. The molecule has 0 fully saturated rings. The van der Waals surface area contributed by atoms with Gasteiger partial charge in [-0.3, -0.25) is 4.79 Å². The minimum absolute atomic E-state index is 0.0544. The maximum Gasteiger partial charge on any atom is 0.220 e. The lowest BCUT2D eigenvalue weighted by molar-refractivity contribution is -0.121.